The number of carbonyl (C=O) groups is 2. The molecule has 13 atom stereocenters. The van der Waals surface area contributed by atoms with E-state index in [1.54, 1.807) is 0 Å². The number of sulfone groups is 1. The van der Waals surface area contributed by atoms with Crippen molar-refractivity contribution in [3.8, 4) is 0 Å². The van der Waals surface area contributed by atoms with Crippen LogP contribution in [0.5, 0.6) is 0 Å². The number of nitrogens with one attached hydrogen (secondary N) is 1. The molecular weight excluding hydrogens is 728 g/mol. The Balaban J connectivity index is 0.993. The highest BCUT2D eigenvalue weighted by Gasteiger charge is 2.72. The van der Waals surface area contributed by atoms with Gasteiger partial charge in [-0.25, -0.2) is 12.8 Å². The zero-order valence-electron chi connectivity index (χ0n) is 36.1. The number of carboxylic acid groups (broad SMARTS) is 1. The standard InChI is InChI=1S/C46H75FN2O6S/c1-40(2)32(38(50)51)27-33(40)39(52)55-36-13-15-43(6)34(41(36,3)4)12-16-45(8)35(43)10-9-31-37-30(42(5)18-19-42)11-17-46(37,21-20-44(31,45)7)48-22-14-29(28-47)49-23-25-56(53,54)26-24-49/h29-37,48H,9-28H2,1-8H3,(H,50,51)/t29-,30-,31-,32+,33-,34+,35-,36+,37-,43+,44-,45-,46+/m1/s1. The zero-order chi connectivity index (χ0) is 40.5. The Hall–Kier alpha value is -1.26. The highest BCUT2D eigenvalue weighted by molar-refractivity contribution is 7.91. The van der Waals surface area contributed by atoms with Crippen LogP contribution in [0, 0.1) is 73.9 Å². The molecule has 56 heavy (non-hydrogen) atoms. The molecule has 0 unspecified atom stereocenters. The molecule has 1 aliphatic heterocycles. The molecule has 0 radical (unpaired) electrons. The van der Waals surface area contributed by atoms with Gasteiger partial charge in [0, 0.05) is 30.1 Å². The first-order valence-corrected chi connectivity index (χ1v) is 24.6. The van der Waals surface area contributed by atoms with E-state index < -0.39 is 33.8 Å². The molecule has 0 spiro atoms. The number of hydrogen-bond acceptors (Lipinski definition) is 7. The van der Waals surface area contributed by atoms with E-state index in [9.17, 15) is 27.5 Å². The Bertz CT molecular complexity index is 1670. The molecule has 0 aromatic carbocycles. The van der Waals surface area contributed by atoms with Gasteiger partial charge < -0.3 is 15.2 Å². The quantitative estimate of drug-likeness (QED) is 0.212. The first-order chi connectivity index (χ1) is 26.1. The number of carbonyl (C=O) groups excluding carboxylic acids is 1. The molecule has 7 aliphatic carbocycles. The first kappa shape index (κ1) is 41.5. The summed E-state index contributed by atoms with van der Waals surface area (Å²) in [6.45, 7) is 20.3. The summed E-state index contributed by atoms with van der Waals surface area (Å²) in [7, 11) is -3.00. The van der Waals surface area contributed by atoms with Gasteiger partial charge in [0.2, 0.25) is 0 Å². The van der Waals surface area contributed by atoms with Crippen LogP contribution in [0.4, 0.5) is 4.39 Å². The second kappa shape index (κ2) is 13.6. The largest absolute Gasteiger partial charge is 0.481 e. The van der Waals surface area contributed by atoms with Crippen LogP contribution < -0.4 is 5.32 Å². The van der Waals surface area contributed by atoms with Crippen LogP contribution in [-0.4, -0.2) is 85.9 Å². The van der Waals surface area contributed by atoms with E-state index in [1.165, 1.54) is 57.8 Å². The smallest absolute Gasteiger partial charge is 0.309 e. The summed E-state index contributed by atoms with van der Waals surface area (Å²) in [6.07, 6.45) is 15.4. The van der Waals surface area contributed by atoms with Gasteiger partial charge in [-0.2, -0.15) is 0 Å². The number of fused-ring (bicyclic) bond motifs is 7. The lowest BCUT2D eigenvalue weighted by atomic mass is 9.32. The maximum Gasteiger partial charge on any atom is 0.309 e. The maximum absolute atomic E-state index is 14.5. The third-order valence-corrected chi connectivity index (χ3v) is 22.1. The summed E-state index contributed by atoms with van der Waals surface area (Å²) in [5.41, 5.74) is 0.411. The maximum atomic E-state index is 14.5. The number of alkyl halides is 1. The van der Waals surface area contributed by atoms with E-state index in [4.69, 9.17) is 4.74 Å². The summed E-state index contributed by atoms with van der Waals surface area (Å²) < 4.78 is 45.1. The highest BCUT2D eigenvalue weighted by atomic mass is 32.2. The summed E-state index contributed by atoms with van der Waals surface area (Å²) in [5.74, 6) is 1.51. The van der Waals surface area contributed by atoms with Gasteiger partial charge in [-0.05, 0) is 153 Å². The van der Waals surface area contributed by atoms with Crippen LogP contribution >= 0.6 is 0 Å². The highest BCUT2D eigenvalue weighted by Crippen LogP contribution is 2.78. The second-order valence-corrected chi connectivity index (χ2v) is 25.5. The van der Waals surface area contributed by atoms with E-state index in [0.29, 0.717) is 48.6 Å². The van der Waals surface area contributed by atoms with Gasteiger partial charge in [0.05, 0.1) is 23.3 Å². The van der Waals surface area contributed by atoms with E-state index in [-0.39, 0.29) is 62.7 Å². The fourth-order valence-corrected chi connectivity index (χ4v) is 17.6. The summed E-state index contributed by atoms with van der Waals surface area (Å²) in [4.78, 5) is 27.5. The third-order valence-electron chi connectivity index (χ3n) is 20.4. The van der Waals surface area contributed by atoms with Crippen molar-refractivity contribution in [1.29, 1.82) is 0 Å². The number of ether oxygens (including phenoxy) is 1. The van der Waals surface area contributed by atoms with E-state index in [0.717, 1.165) is 38.1 Å². The van der Waals surface area contributed by atoms with Crippen molar-refractivity contribution in [2.75, 3.05) is 37.8 Å². The molecule has 0 bridgehead atoms. The van der Waals surface area contributed by atoms with Crippen molar-refractivity contribution in [2.45, 2.75) is 163 Å². The van der Waals surface area contributed by atoms with Crippen LogP contribution in [0.15, 0.2) is 0 Å². The van der Waals surface area contributed by atoms with Crippen molar-refractivity contribution in [3.63, 3.8) is 0 Å². The average molecular weight is 803 g/mol. The molecule has 8 aliphatic rings. The Morgan fingerprint density at radius 1 is 0.786 bits per heavy atom. The van der Waals surface area contributed by atoms with Crippen molar-refractivity contribution in [2.24, 2.45) is 73.9 Å². The monoisotopic (exact) mass is 803 g/mol. The molecule has 8 rings (SSSR count). The molecule has 8 nitrogen and oxygen atoms in total. The van der Waals surface area contributed by atoms with Gasteiger partial charge in [0.1, 0.15) is 12.8 Å². The van der Waals surface area contributed by atoms with Crippen molar-refractivity contribution >= 4 is 21.8 Å². The van der Waals surface area contributed by atoms with Gasteiger partial charge >= 0.3 is 11.9 Å². The topological polar surface area (TPSA) is 113 Å². The molecule has 1 heterocycles. The predicted molar refractivity (Wildman–Crippen MR) is 217 cm³/mol. The summed E-state index contributed by atoms with van der Waals surface area (Å²) >= 11 is 0. The summed E-state index contributed by atoms with van der Waals surface area (Å²) in [5, 5.41) is 13.9. The number of aliphatic carboxylic acids is 1. The fourth-order valence-electron chi connectivity index (χ4n) is 16.3. The number of halogens is 1. The van der Waals surface area contributed by atoms with Gasteiger partial charge in [0.25, 0.3) is 0 Å². The SMILES string of the molecule is CC1([C@@H]2CC[C@]3(NCC[C@H](CF)N4CCS(=O)(=O)CC4)CC[C@]4(C)[C@H](CC[C@@H]5[C@@]6(C)CC[C@H](OC(=O)[C@H]7C[C@@H](C(=O)O)C7(C)C)C(C)(C)[C@@H]6CC[C@]54C)[C@@H]23)CC1. The molecule has 7 saturated carbocycles. The van der Waals surface area contributed by atoms with Gasteiger partial charge in [0.15, 0.2) is 9.84 Å². The normalized spacial score (nSPS) is 47.5. The van der Waals surface area contributed by atoms with Crippen LogP contribution in [0.25, 0.3) is 0 Å². The van der Waals surface area contributed by atoms with E-state index in [2.05, 4.69) is 51.8 Å². The molecule has 8 fully saturated rings. The Kier molecular flexibility index (Phi) is 10.1. The molecule has 0 aromatic rings. The Morgan fingerprint density at radius 2 is 1.48 bits per heavy atom. The summed E-state index contributed by atoms with van der Waals surface area (Å²) in [6, 6.07) is -0.220. The van der Waals surface area contributed by atoms with Crippen LogP contribution in [0.1, 0.15) is 145 Å². The zero-order valence-corrected chi connectivity index (χ0v) is 36.9. The molecule has 0 amide bonds. The van der Waals surface area contributed by atoms with Crippen molar-refractivity contribution < 1.29 is 32.2 Å². The number of rotatable bonds is 10. The number of hydrogen-bond donors (Lipinski definition) is 2. The third kappa shape index (κ3) is 6.13. The minimum Gasteiger partial charge on any atom is -0.481 e. The number of esters is 1. The van der Waals surface area contributed by atoms with Crippen LogP contribution in [0.2, 0.25) is 0 Å². The molecule has 1 saturated heterocycles. The van der Waals surface area contributed by atoms with E-state index in [1.807, 2.05) is 13.8 Å². The lowest BCUT2D eigenvalue weighted by molar-refractivity contribution is -0.249. The minimum absolute atomic E-state index is 0.0975. The minimum atomic E-state index is -3.00. The Morgan fingerprint density at radius 3 is 2.11 bits per heavy atom. The lowest BCUT2D eigenvalue weighted by Gasteiger charge is -2.73. The Labute approximate surface area is 337 Å². The lowest BCUT2D eigenvalue weighted by Crippen LogP contribution is -2.69. The van der Waals surface area contributed by atoms with Gasteiger partial charge in [-0.15, -0.1) is 0 Å². The van der Waals surface area contributed by atoms with Crippen LogP contribution in [-0.2, 0) is 24.2 Å². The molecule has 2 N–H and O–H groups in total. The van der Waals surface area contributed by atoms with Crippen molar-refractivity contribution in [1.82, 2.24) is 10.2 Å². The molecule has 10 heteroatoms. The van der Waals surface area contributed by atoms with Gasteiger partial charge in [-0.1, -0.05) is 55.4 Å². The first-order valence-electron chi connectivity index (χ1n) is 22.8. The number of nitrogens with zero attached hydrogens (tertiary/aromatic N) is 1. The molecule has 318 valence electrons. The van der Waals surface area contributed by atoms with E-state index >= 15 is 0 Å². The number of carboxylic acids is 1. The molecule has 0 aromatic heterocycles. The fraction of sp³-hybridized carbons (Fsp3) is 0.957. The average Bonchev–Trinajstić information content (AvgIpc) is 3.74. The second-order valence-electron chi connectivity index (χ2n) is 23.1. The predicted octanol–water partition coefficient (Wildman–Crippen LogP) is 8.33. The molecular formula is C46H75FN2O6S. The van der Waals surface area contributed by atoms with Gasteiger partial charge in [-0.3, -0.25) is 14.5 Å². The van der Waals surface area contributed by atoms with Crippen molar-refractivity contribution in [3.05, 3.63) is 0 Å². The van der Waals surface area contributed by atoms with Crippen LogP contribution in [0.3, 0.4) is 0 Å².